The van der Waals surface area contributed by atoms with Gasteiger partial charge < -0.3 is 9.64 Å². The highest BCUT2D eigenvalue weighted by molar-refractivity contribution is 6.28. The van der Waals surface area contributed by atoms with Crippen molar-refractivity contribution in [2.75, 3.05) is 32.8 Å². The molecule has 8 heteroatoms. The van der Waals surface area contributed by atoms with Crippen molar-refractivity contribution in [2.24, 2.45) is 0 Å². The smallest absolute Gasteiger partial charge is 0.343 e. The van der Waals surface area contributed by atoms with Gasteiger partial charge in [0.1, 0.15) is 18.1 Å². The van der Waals surface area contributed by atoms with Gasteiger partial charge >= 0.3 is 5.97 Å². The molecule has 0 radical (unpaired) electrons. The van der Waals surface area contributed by atoms with E-state index >= 15 is 0 Å². The van der Waals surface area contributed by atoms with Crippen molar-refractivity contribution >= 4 is 23.4 Å². The third-order valence-electron chi connectivity index (χ3n) is 3.64. The normalized spacial score (nSPS) is 15.3. The number of carbonyl (C=O) groups excluding carboxylic acids is 1. The summed E-state index contributed by atoms with van der Waals surface area (Å²) in [5.41, 5.74) is 0.293. The number of methoxy groups -OCH3 is 1. The van der Waals surface area contributed by atoms with E-state index < -0.39 is 5.97 Å². The lowest BCUT2D eigenvalue weighted by Gasteiger charge is -2.31. The van der Waals surface area contributed by atoms with E-state index in [0.29, 0.717) is 11.4 Å². The molecule has 1 aliphatic carbocycles. The van der Waals surface area contributed by atoms with Gasteiger partial charge in [-0.05, 0) is 24.4 Å². The predicted molar refractivity (Wildman–Crippen MR) is 82.8 cm³/mol. The van der Waals surface area contributed by atoms with E-state index in [1.165, 1.54) is 13.3 Å². The number of esters is 1. The number of carbonyl (C=O) groups is 1. The van der Waals surface area contributed by atoms with E-state index in [9.17, 15) is 4.79 Å². The Hall–Kier alpha value is -1.44. The second-order valence-electron chi connectivity index (χ2n) is 5.35. The van der Waals surface area contributed by atoms with Gasteiger partial charge in [0.05, 0.1) is 7.11 Å². The first kappa shape index (κ1) is 16.9. The quantitative estimate of drug-likeness (QED) is 0.343. The van der Waals surface area contributed by atoms with Crippen LogP contribution in [0.3, 0.4) is 0 Å². The zero-order valence-corrected chi connectivity index (χ0v) is 13.8. The number of aromatic nitrogens is 2. The minimum atomic E-state index is -0.487. The van der Waals surface area contributed by atoms with Crippen molar-refractivity contribution in [3.8, 4) is 0 Å². The molecule has 0 aromatic carbocycles. The number of rotatable bonds is 6. The SMILES string of the molecule is COC(=O)c1cnc(Cl)nc1N(CON(C)C)C1CCCC1. The predicted octanol–water partition coefficient (Wildman–Crippen LogP) is 2.12. The second-order valence-corrected chi connectivity index (χ2v) is 5.68. The van der Waals surface area contributed by atoms with Crippen molar-refractivity contribution in [3.05, 3.63) is 17.0 Å². The lowest BCUT2D eigenvalue weighted by atomic mass is 10.2. The molecule has 1 aromatic rings. The van der Waals surface area contributed by atoms with E-state index in [0.717, 1.165) is 25.7 Å². The number of halogens is 1. The highest BCUT2D eigenvalue weighted by Crippen LogP contribution is 2.30. The Morgan fingerprint density at radius 3 is 2.68 bits per heavy atom. The number of hydroxylamine groups is 2. The molecule has 7 nitrogen and oxygen atoms in total. The van der Waals surface area contributed by atoms with Crippen LogP contribution in [0.5, 0.6) is 0 Å². The fourth-order valence-electron chi connectivity index (χ4n) is 2.56. The summed E-state index contributed by atoms with van der Waals surface area (Å²) in [5.74, 6) is -0.0277. The zero-order chi connectivity index (χ0) is 16.1. The Morgan fingerprint density at radius 2 is 2.09 bits per heavy atom. The zero-order valence-electron chi connectivity index (χ0n) is 13.1. The molecule has 1 saturated carbocycles. The van der Waals surface area contributed by atoms with Gasteiger partial charge in [0.15, 0.2) is 0 Å². The molecule has 0 spiro atoms. The minimum absolute atomic E-state index is 0.0931. The molecule has 0 unspecified atom stereocenters. The Bertz CT molecular complexity index is 521. The maximum absolute atomic E-state index is 12.0. The van der Waals surface area contributed by atoms with E-state index in [-0.39, 0.29) is 18.1 Å². The third kappa shape index (κ3) is 4.06. The Labute approximate surface area is 135 Å². The fourth-order valence-corrected chi connectivity index (χ4v) is 2.69. The van der Waals surface area contributed by atoms with E-state index in [1.807, 2.05) is 4.90 Å². The Kier molecular flexibility index (Phi) is 5.93. The van der Waals surface area contributed by atoms with Crippen LogP contribution in [0.25, 0.3) is 0 Å². The lowest BCUT2D eigenvalue weighted by molar-refractivity contribution is -0.120. The molecule has 1 aliphatic rings. The standard InChI is InChI=1S/C14H21ClN4O3/c1-18(2)22-9-19(10-6-4-5-7-10)12-11(13(20)21-3)8-16-14(15)17-12/h8,10H,4-7,9H2,1-3H3. The molecule has 0 bridgehead atoms. The maximum Gasteiger partial charge on any atom is 0.343 e. The van der Waals surface area contributed by atoms with Gasteiger partial charge in [-0.1, -0.05) is 12.8 Å². The summed E-state index contributed by atoms with van der Waals surface area (Å²) in [4.78, 5) is 27.7. The fraction of sp³-hybridized carbons (Fsp3) is 0.643. The molecule has 1 heterocycles. The van der Waals surface area contributed by atoms with Gasteiger partial charge in [-0.15, -0.1) is 0 Å². The molecule has 0 N–H and O–H groups in total. The summed E-state index contributed by atoms with van der Waals surface area (Å²) in [6.07, 6.45) is 5.75. The average molecular weight is 329 g/mol. The summed E-state index contributed by atoms with van der Waals surface area (Å²) in [5, 5.41) is 1.71. The molecule has 1 fully saturated rings. The maximum atomic E-state index is 12.0. The topological polar surface area (TPSA) is 67.8 Å². The van der Waals surface area contributed by atoms with Gasteiger partial charge in [0.2, 0.25) is 5.28 Å². The van der Waals surface area contributed by atoms with Crippen molar-refractivity contribution in [1.82, 2.24) is 15.0 Å². The second kappa shape index (κ2) is 7.71. The monoisotopic (exact) mass is 328 g/mol. The minimum Gasteiger partial charge on any atom is -0.465 e. The largest absolute Gasteiger partial charge is 0.465 e. The van der Waals surface area contributed by atoms with Crippen LogP contribution in [-0.4, -0.2) is 55.0 Å². The van der Waals surface area contributed by atoms with Crippen LogP contribution < -0.4 is 4.90 Å². The first-order valence-electron chi connectivity index (χ1n) is 7.20. The summed E-state index contributed by atoms with van der Waals surface area (Å²) >= 11 is 5.93. The van der Waals surface area contributed by atoms with Crippen molar-refractivity contribution in [2.45, 2.75) is 31.7 Å². The molecule has 1 aromatic heterocycles. The Morgan fingerprint density at radius 1 is 1.41 bits per heavy atom. The number of hydrogen-bond acceptors (Lipinski definition) is 7. The summed E-state index contributed by atoms with van der Waals surface area (Å²) in [7, 11) is 4.94. The molecule has 0 saturated heterocycles. The van der Waals surface area contributed by atoms with Crippen LogP contribution in [0.15, 0.2) is 6.20 Å². The van der Waals surface area contributed by atoms with Crippen LogP contribution in [-0.2, 0) is 9.57 Å². The third-order valence-corrected chi connectivity index (χ3v) is 3.82. The van der Waals surface area contributed by atoms with E-state index in [2.05, 4.69) is 9.97 Å². The molecular formula is C14H21ClN4O3. The van der Waals surface area contributed by atoms with E-state index in [1.54, 1.807) is 19.2 Å². The lowest BCUT2D eigenvalue weighted by Crippen LogP contribution is -2.39. The molecule has 0 amide bonds. The van der Waals surface area contributed by atoms with E-state index in [4.69, 9.17) is 21.2 Å². The van der Waals surface area contributed by atoms with Crippen molar-refractivity contribution in [3.63, 3.8) is 0 Å². The number of nitrogens with zero attached hydrogens (tertiary/aromatic N) is 4. The summed E-state index contributed by atoms with van der Waals surface area (Å²) in [6, 6.07) is 0.259. The van der Waals surface area contributed by atoms with Gasteiger partial charge in [0.25, 0.3) is 0 Å². The molecule has 0 atom stereocenters. The number of hydrogen-bond donors (Lipinski definition) is 0. The van der Waals surface area contributed by atoms with Crippen LogP contribution in [0, 0.1) is 0 Å². The highest BCUT2D eigenvalue weighted by atomic mass is 35.5. The molecule has 0 aliphatic heterocycles. The summed E-state index contributed by atoms with van der Waals surface area (Å²) < 4.78 is 4.82. The first-order valence-corrected chi connectivity index (χ1v) is 7.58. The van der Waals surface area contributed by atoms with Crippen molar-refractivity contribution in [1.29, 1.82) is 0 Å². The van der Waals surface area contributed by atoms with Crippen LogP contribution in [0.2, 0.25) is 5.28 Å². The van der Waals surface area contributed by atoms with Gasteiger partial charge in [-0.25, -0.2) is 9.78 Å². The van der Waals surface area contributed by atoms with Crippen LogP contribution >= 0.6 is 11.6 Å². The van der Waals surface area contributed by atoms with Gasteiger partial charge in [-0.3, -0.25) is 4.84 Å². The number of anilines is 1. The Balaban J connectivity index is 2.36. The van der Waals surface area contributed by atoms with Crippen molar-refractivity contribution < 1.29 is 14.4 Å². The molecule has 122 valence electrons. The molecular weight excluding hydrogens is 308 g/mol. The van der Waals surface area contributed by atoms with Crippen LogP contribution in [0.1, 0.15) is 36.0 Å². The summed E-state index contributed by atoms with van der Waals surface area (Å²) in [6.45, 7) is 0.287. The van der Waals surface area contributed by atoms with Crippen LogP contribution in [0.4, 0.5) is 5.82 Å². The highest BCUT2D eigenvalue weighted by Gasteiger charge is 2.28. The molecule has 22 heavy (non-hydrogen) atoms. The van der Waals surface area contributed by atoms with Gasteiger partial charge in [-0.2, -0.15) is 10.0 Å². The first-order chi connectivity index (χ1) is 10.5. The number of ether oxygens (including phenoxy) is 1. The average Bonchev–Trinajstić information content (AvgIpc) is 3.01. The van der Waals surface area contributed by atoms with Gasteiger partial charge in [0, 0.05) is 26.3 Å². The molecule has 2 rings (SSSR count).